The maximum Gasteiger partial charge on any atom is 0.221 e. The predicted molar refractivity (Wildman–Crippen MR) is 81.6 cm³/mol. The van der Waals surface area contributed by atoms with E-state index in [1.807, 2.05) is 12.1 Å². The molecule has 0 radical (unpaired) electrons. The van der Waals surface area contributed by atoms with Gasteiger partial charge in [-0.2, -0.15) is 0 Å². The number of nitrogens with one attached hydrogen (secondary N) is 1. The number of hydrogen-bond acceptors (Lipinski definition) is 2. The zero-order valence-corrected chi connectivity index (χ0v) is 11.6. The number of halogens is 1. The van der Waals surface area contributed by atoms with Gasteiger partial charge in [0.05, 0.1) is 0 Å². The molecule has 0 unspecified atom stereocenters. The first-order chi connectivity index (χ1) is 8.81. The van der Waals surface area contributed by atoms with Gasteiger partial charge in [-0.1, -0.05) is 42.5 Å². The van der Waals surface area contributed by atoms with Crippen molar-refractivity contribution in [2.75, 3.05) is 13.1 Å². The monoisotopic (exact) mass is 278 g/mol. The molecule has 2 aromatic rings. The molecular formula is C15H19ClN2O. The molecule has 1 amide bonds. The van der Waals surface area contributed by atoms with E-state index in [0.29, 0.717) is 19.5 Å². The molecule has 0 aromatic heterocycles. The van der Waals surface area contributed by atoms with Crippen LogP contribution in [0.5, 0.6) is 0 Å². The van der Waals surface area contributed by atoms with E-state index < -0.39 is 0 Å². The van der Waals surface area contributed by atoms with Crippen molar-refractivity contribution in [3.63, 3.8) is 0 Å². The van der Waals surface area contributed by atoms with Crippen LogP contribution in [0, 0.1) is 0 Å². The topological polar surface area (TPSA) is 55.1 Å². The van der Waals surface area contributed by atoms with Crippen LogP contribution in [0.2, 0.25) is 0 Å². The molecule has 2 aromatic carbocycles. The molecule has 0 atom stereocenters. The lowest BCUT2D eigenvalue weighted by atomic mass is 10.0. The molecular weight excluding hydrogens is 260 g/mol. The first kappa shape index (κ1) is 15.5. The lowest BCUT2D eigenvalue weighted by Crippen LogP contribution is -2.27. The maximum atomic E-state index is 11.3. The molecule has 3 N–H and O–H groups in total. The Kier molecular flexibility index (Phi) is 6.33. The molecule has 0 fully saturated rings. The summed E-state index contributed by atoms with van der Waals surface area (Å²) in [4.78, 5) is 11.3. The Balaban J connectivity index is 0.00000180. The molecule has 102 valence electrons. The molecule has 0 heterocycles. The van der Waals surface area contributed by atoms with Gasteiger partial charge in [-0.3, -0.25) is 4.79 Å². The van der Waals surface area contributed by atoms with Gasteiger partial charge in [0.15, 0.2) is 0 Å². The number of carbonyl (C=O) groups excluding carboxylic acids is 1. The number of amides is 1. The number of hydrogen-bond donors (Lipinski definition) is 2. The Bertz CT molecular complexity index is 537. The van der Waals surface area contributed by atoms with Crippen LogP contribution in [-0.2, 0) is 11.2 Å². The Labute approximate surface area is 119 Å². The van der Waals surface area contributed by atoms with Gasteiger partial charge in [-0.05, 0) is 22.8 Å². The lowest BCUT2D eigenvalue weighted by molar-refractivity contribution is -0.120. The third-order valence-corrected chi connectivity index (χ3v) is 2.97. The highest BCUT2D eigenvalue weighted by atomic mass is 35.5. The van der Waals surface area contributed by atoms with Gasteiger partial charge in [-0.15, -0.1) is 12.4 Å². The van der Waals surface area contributed by atoms with Gasteiger partial charge >= 0.3 is 0 Å². The van der Waals surface area contributed by atoms with Crippen LogP contribution in [0.1, 0.15) is 12.0 Å². The first-order valence-electron chi connectivity index (χ1n) is 6.24. The SMILES string of the molecule is Cl.NCCC(=O)NCCc1cccc2ccccc12. The van der Waals surface area contributed by atoms with Gasteiger partial charge < -0.3 is 11.1 Å². The minimum Gasteiger partial charge on any atom is -0.356 e. The van der Waals surface area contributed by atoms with E-state index in [4.69, 9.17) is 5.73 Å². The summed E-state index contributed by atoms with van der Waals surface area (Å²) in [5.41, 5.74) is 6.59. The van der Waals surface area contributed by atoms with Gasteiger partial charge in [0, 0.05) is 19.5 Å². The largest absolute Gasteiger partial charge is 0.356 e. The van der Waals surface area contributed by atoms with Crippen molar-refractivity contribution >= 4 is 29.1 Å². The summed E-state index contributed by atoms with van der Waals surface area (Å²) >= 11 is 0. The molecule has 4 heteroatoms. The van der Waals surface area contributed by atoms with Crippen LogP contribution in [0.3, 0.4) is 0 Å². The summed E-state index contributed by atoms with van der Waals surface area (Å²) in [6.07, 6.45) is 1.24. The van der Waals surface area contributed by atoms with Crippen LogP contribution in [-0.4, -0.2) is 19.0 Å². The summed E-state index contributed by atoms with van der Waals surface area (Å²) in [6, 6.07) is 14.6. The average molecular weight is 279 g/mol. The van der Waals surface area contributed by atoms with E-state index in [-0.39, 0.29) is 18.3 Å². The summed E-state index contributed by atoms with van der Waals surface area (Å²) in [5, 5.41) is 5.37. The van der Waals surface area contributed by atoms with Crippen LogP contribution in [0.15, 0.2) is 42.5 Å². The minimum absolute atomic E-state index is 0. The van der Waals surface area contributed by atoms with Crippen molar-refractivity contribution in [3.05, 3.63) is 48.0 Å². The fourth-order valence-corrected chi connectivity index (χ4v) is 2.07. The van der Waals surface area contributed by atoms with Crippen LogP contribution >= 0.6 is 12.4 Å². The van der Waals surface area contributed by atoms with Gasteiger partial charge in [0.1, 0.15) is 0 Å². The number of benzene rings is 2. The third kappa shape index (κ3) is 4.23. The smallest absolute Gasteiger partial charge is 0.221 e. The van der Waals surface area contributed by atoms with Crippen molar-refractivity contribution in [3.8, 4) is 0 Å². The second kappa shape index (κ2) is 7.77. The average Bonchev–Trinajstić information content (AvgIpc) is 2.39. The minimum atomic E-state index is 0. The molecule has 0 aliphatic carbocycles. The number of fused-ring (bicyclic) bond motifs is 1. The Morgan fingerprint density at radius 3 is 2.63 bits per heavy atom. The van der Waals surface area contributed by atoms with E-state index >= 15 is 0 Å². The highest BCUT2D eigenvalue weighted by Crippen LogP contribution is 2.18. The molecule has 0 bridgehead atoms. The first-order valence-corrected chi connectivity index (χ1v) is 6.24. The summed E-state index contributed by atoms with van der Waals surface area (Å²) in [6.45, 7) is 1.06. The van der Waals surface area contributed by atoms with E-state index in [2.05, 4.69) is 35.6 Å². The number of rotatable bonds is 5. The van der Waals surface area contributed by atoms with Gasteiger partial charge in [0.25, 0.3) is 0 Å². The number of carbonyl (C=O) groups is 1. The maximum absolute atomic E-state index is 11.3. The molecule has 0 aliphatic rings. The van der Waals surface area contributed by atoms with Gasteiger partial charge in [-0.25, -0.2) is 0 Å². The third-order valence-electron chi connectivity index (χ3n) is 2.97. The van der Waals surface area contributed by atoms with Crippen LogP contribution in [0.25, 0.3) is 10.8 Å². The van der Waals surface area contributed by atoms with E-state index in [0.717, 1.165) is 6.42 Å². The highest BCUT2D eigenvalue weighted by molar-refractivity contribution is 5.86. The van der Waals surface area contributed by atoms with E-state index in [1.54, 1.807) is 0 Å². The fraction of sp³-hybridized carbons (Fsp3) is 0.267. The van der Waals surface area contributed by atoms with Crippen LogP contribution in [0.4, 0.5) is 0 Å². The standard InChI is InChI=1S/C15H18N2O.ClH/c16-10-8-15(18)17-11-9-13-6-3-5-12-4-1-2-7-14(12)13;/h1-7H,8-11,16H2,(H,17,18);1H. The summed E-state index contributed by atoms with van der Waals surface area (Å²) < 4.78 is 0. The Morgan fingerprint density at radius 2 is 1.84 bits per heavy atom. The normalized spacial score (nSPS) is 9.95. The van der Waals surface area contributed by atoms with Crippen molar-refractivity contribution < 1.29 is 4.79 Å². The zero-order valence-electron chi connectivity index (χ0n) is 10.8. The van der Waals surface area contributed by atoms with Crippen molar-refractivity contribution in [2.24, 2.45) is 5.73 Å². The molecule has 19 heavy (non-hydrogen) atoms. The van der Waals surface area contributed by atoms with Crippen molar-refractivity contribution in [1.82, 2.24) is 5.32 Å². The Morgan fingerprint density at radius 1 is 1.11 bits per heavy atom. The molecule has 0 saturated heterocycles. The molecule has 0 spiro atoms. The predicted octanol–water partition coefficient (Wildman–Crippen LogP) is 2.27. The second-order valence-electron chi connectivity index (χ2n) is 4.28. The highest BCUT2D eigenvalue weighted by Gasteiger charge is 2.02. The molecule has 2 rings (SSSR count). The van der Waals surface area contributed by atoms with E-state index in [1.165, 1.54) is 16.3 Å². The van der Waals surface area contributed by atoms with Crippen molar-refractivity contribution in [2.45, 2.75) is 12.8 Å². The number of nitrogens with two attached hydrogens (primary N) is 1. The van der Waals surface area contributed by atoms with Crippen molar-refractivity contribution in [1.29, 1.82) is 0 Å². The molecule has 0 aliphatic heterocycles. The molecule has 3 nitrogen and oxygen atoms in total. The quantitative estimate of drug-likeness (QED) is 0.881. The fourth-order valence-electron chi connectivity index (χ4n) is 2.07. The van der Waals surface area contributed by atoms with Crippen LogP contribution < -0.4 is 11.1 Å². The zero-order chi connectivity index (χ0) is 12.8. The molecule has 0 saturated carbocycles. The second-order valence-corrected chi connectivity index (χ2v) is 4.28. The lowest BCUT2D eigenvalue weighted by Gasteiger charge is -2.07. The summed E-state index contributed by atoms with van der Waals surface area (Å²) in [7, 11) is 0. The Hall–Kier alpha value is -1.58. The van der Waals surface area contributed by atoms with E-state index in [9.17, 15) is 4.79 Å². The summed E-state index contributed by atoms with van der Waals surface area (Å²) in [5.74, 6) is 0.0257. The van der Waals surface area contributed by atoms with Gasteiger partial charge in [0.2, 0.25) is 5.91 Å².